The minimum Gasteiger partial charge on any atom is -0.101 e. The van der Waals surface area contributed by atoms with Gasteiger partial charge in [-0.1, -0.05) is 61.1 Å². The van der Waals surface area contributed by atoms with Crippen molar-refractivity contribution in [1.29, 1.82) is 0 Å². The predicted molar refractivity (Wildman–Crippen MR) is 172 cm³/mol. The average molecular weight is 519 g/mol. The van der Waals surface area contributed by atoms with E-state index in [0.717, 1.165) is 11.1 Å². The van der Waals surface area contributed by atoms with Crippen molar-refractivity contribution >= 4 is 0 Å². The van der Waals surface area contributed by atoms with Gasteiger partial charge in [0, 0.05) is 16.5 Å². The Morgan fingerprint density at radius 3 is 1.44 bits per heavy atom. The lowest BCUT2D eigenvalue weighted by Gasteiger charge is -2.35. The molecule has 0 N–H and O–H groups in total. The van der Waals surface area contributed by atoms with Crippen LogP contribution in [0.3, 0.4) is 0 Å². The molecule has 0 heteroatoms. The molecule has 1 aliphatic rings. The normalized spacial score (nSPS) is 14.1. The monoisotopic (exact) mass is 518 g/mol. The maximum Gasteiger partial charge on any atom is 0.0248 e. The third-order valence-electron chi connectivity index (χ3n) is 8.45. The minimum absolute atomic E-state index is 0.0110. The van der Waals surface area contributed by atoms with E-state index in [1.807, 2.05) is 13.8 Å². The number of hydrogen-bond acceptors (Lipinski definition) is 0. The van der Waals surface area contributed by atoms with Crippen molar-refractivity contribution in [3.63, 3.8) is 0 Å². The van der Waals surface area contributed by atoms with E-state index in [9.17, 15) is 0 Å². The second-order valence-corrected chi connectivity index (χ2v) is 12.4. The maximum absolute atomic E-state index is 3.35. The quantitative estimate of drug-likeness (QED) is 0.194. The van der Waals surface area contributed by atoms with Gasteiger partial charge in [0.2, 0.25) is 0 Å². The van der Waals surface area contributed by atoms with Crippen molar-refractivity contribution in [3.8, 4) is 34.8 Å². The molecular formula is C39H50. The summed E-state index contributed by atoms with van der Waals surface area (Å²) in [6, 6.07) is 13.9. The summed E-state index contributed by atoms with van der Waals surface area (Å²) >= 11 is 0. The summed E-state index contributed by atoms with van der Waals surface area (Å²) in [5.41, 5.74) is 10.9. The Kier molecular flexibility index (Phi) is 11.3. The van der Waals surface area contributed by atoms with Crippen LogP contribution in [0.4, 0.5) is 0 Å². The molecule has 2 aromatic rings. The highest BCUT2D eigenvalue weighted by Gasteiger charge is 2.43. The fourth-order valence-electron chi connectivity index (χ4n) is 6.19. The lowest BCUT2D eigenvalue weighted by atomic mass is 9.68. The minimum atomic E-state index is 0.0110. The van der Waals surface area contributed by atoms with Gasteiger partial charge in [-0.05, 0) is 151 Å². The molecule has 0 spiro atoms. The van der Waals surface area contributed by atoms with Crippen LogP contribution in [-0.2, 0) is 5.41 Å². The lowest BCUT2D eigenvalue weighted by molar-refractivity contribution is 0.339. The molecule has 2 aromatic carbocycles. The van der Waals surface area contributed by atoms with E-state index < -0.39 is 0 Å². The van der Waals surface area contributed by atoms with Crippen LogP contribution in [0, 0.1) is 35.5 Å². The van der Waals surface area contributed by atoms with Crippen molar-refractivity contribution in [3.05, 3.63) is 82.0 Å². The van der Waals surface area contributed by atoms with Gasteiger partial charge in [-0.15, -0.1) is 11.8 Å². The summed E-state index contributed by atoms with van der Waals surface area (Å²) in [5, 5.41) is 0. The first kappa shape index (κ1) is 30.6. The highest BCUT2D eigenvalue weighted by molar-refractivity contribution is 5.82. The first-order valence-corrected chi connectivity index (χ1v) is 15.1. The van der Waals surface area contributed by atoms with E-state index in [4.69, 9.17) is 0 Å². The molecule has 0 unspecified atom stereocenters. The number of fused-ring (bicyclic) bond motifs is 3. The SMILES string of the molecule is CC#Cc1ccc2c(c1)C(CC[C@@H](C)CCC=C(C)C)(CC[C@@H](C)CCC=C(C)C)c1cc(C#CC)ccc1-2. The summed E-state index contributed by atoms with van der Waals surface area (Å²) in [6.07, 6.45) is 14.5. The molecule has 0 saturated heterocycles. The van der Waals surface area contributed by atoms with Gasteiger partial charge in [0.1, 0.15) is 0 Å². The Bertz CT molecular complexity index is 1200. The molecule has 0 saturated carbocycles. The molecule has 0 bridgehead atoms. The fourth-order valence-corrected chi connectivity index (χ4v) is 6.19. The van der Waals surface area contributed by atoms with E-state index in [2.05, 4.69) is 114 Å². The van der Waals surface area contributed by atoms with Gasteiger partial charge in [0.05, 0.1) is 0 Å². The first-order chi connectivity index (χ1) is 18.7. The Hall–Kier alpha value is -2.96. The molecule has 1 aliphatic carbocycles. The Balaban J connectivity index is 2.05. The molecule has 2 atom stereocenters. The summed E-state index contributed by atoms with van der Waals surface area (Å²) < 4.78 is 0. The van der Waals surface area contributed by atoms with Gasteiger partial charge in [-0.2, -0.15) is 0 Å². The van der Waals surface area contributed by atoms with Gasteiger partial charge in [-0.3, -0.25) is 0 Å². The lowest BCUT2D eigenvalue weighted by Crippen LogP contribution is -2.27. The highest BCUT2D eigenvalue weighted by atomic mass is 14.5. The molecular weight excluding hydrogens is 468 g/mol. The molecule has 0 aromatic heterocycles. The number of allylic oxidation sites excluding steroid dienone is 4. The van der Waals surface area contributed by atoms with Crippen molar-refractivity contribution in [2.45, 2.75) is 112 Å². The van der Waals surface area contributed by atoms with Gasteiger partial charge in [0.25, 0.3) is 0 Å². The van der Waals surface area contributed by atoms with Gasteiger partial charge < -0.3 is 0 Å². The zero-order chi connectivity index (χ0) is 28.4. The summed E-state index contributed by atoms with van der Waals surface area (Å²) in [6.45, 7) is 17.6. The predicted octanol–water partition coefficient (Wildman–Crippen LogP) is 11.0. The largest absolute Gasteiger partial charge is 0.101 e. The van der Waals surface area contributed by atoms with Crippen molar-refractivity contribution in [1.82, 2.24) is 0 Å². The highest BCUT2D eigenvalue weighted by Crippen LogP contribution is 2.55. The summed E-state index contributed by atoms with van der Waals surface area (Å²) in [7, 11) is 0. The second-order valence-electron chi connectivity index (χ2n) is 12.4. The molecule has 0 heterocycles. The standard InChI is InChI=1S/C39H50/c1-9-13-33-19-21-35-36-22-20-34(14-10-2)28-38(36)39(37(35)27-33,25-23-31(7)17-11-15-29(3)4)26-24-32(8)18-12-16-30(5)6/h15-16,19-22,27-28,31-32H,11-12,17-18,23-26H2,1-8H3/t31-,32-/m0/s1. The van der Waals surface area contributed by atoms with Crippen LogP contribution in [0.5, 0.6) is 0 Å². The maximum atomic E-state index is 3.35. The second kappa shape index (κ2) is 14.4. The number of rotatable bonds is 12. The van der Waals surface area contributed by atoms with Crippen LogP contribution in [0.2, 0.25) is 0 Å². The zero-order valence-corrected chi connectivity index (χ0v) is 25.9. The average Bonchev–Trinajstić information content (AvgIpc) is 3.15. The van der Waals surface area contributed by atoms with E-state index in [1.54, 1.807) is 0 Å². The molecule has 0 nitrogen and oxygen atoms in total. The molecule has 0 radical (unpaired) electrons. The van der Waals surface area contributed by atoms with Crippen molar-refractivity contribution < 1.29 is 0 Å². The molecule has 0 fully saturated rings. The number of benzene rings is 2. The third kappa shape index (κ3) is 8.02. The van der Waals surface area contributed by atoms with E-state index >= 15 is 0 Å². The van der Waals surface area contributed by atoms with Crippen LogP contribution in [0.15, 0.2) is 59.7 Å². The fraction of sp³-hybridized carbons (Fsp3) is 0.487. The molecule has 0 amide bonds. The third-order valence-corrected chi connectivity index (χ3v) is 8.45. The molecule has 206 valence electrons. The summed E-state index contributed by atoms with van der Waals surface area (Å²) in [4.78, 5) is 0. The first-order valence-electron chi connectivity index (χ1n) is 15.1. The van der Waals surface area contributed by atoms with Crippen LogP contribution in [-0.4, -0.2) is 0 Å². The van der Waals surface area contributed by atoms with Gasteiger partial charge in [-0.25, -0.2) is 0 Å². The number of hydrogen-bond donors (Lipinski definition) is 0. The van der Waals surface area contributed by atoms with Crippen LogP contribution < -0.4 is 0 Å². The van der Waals surface area contributed by atoms with E-state index in [1.165, 1.54) is 84.8 Å². The van der Waals surface area contributed by atoms with Crippen molar-refractivity contribution in [2.75, 3.05) is 0 Å². The van der Waals surface area contributed by atoms with E-state index in [0.29, 0.717) is 11.8 Å². The Morgan fingerprint density at radius 1 is 0.667 bits per heavy atom. The molecule has 0 aliphatic heterocycles. The summed E-state index contributed by atoms with van der Waals surface area (Å²) in [5.74, 6) is 14.4. The Labute approximate surface area is 240 Å². The molecule has 3 rings (SSSR count). The topological polar surface area (TPSA) is 0 Å². The van der Waals surface area contributed by atoms with Gasteiger partial charge in [0.15, 0.2) is 0 Å². The smallest absolute Gasteiger partial charge is 0.0248 e. The van der Waals surface area contributed by atoms with Crippen LogP contribution in [0.25, 0.3) is 11.1 Å². The van der Waals surface area contributed by atoms with Crippen LogP contribution in [0.1, 0.15) is 129 Å². The van der Waals surface area contributed by atoms with Crippen LogP contribution >= 0.6 is 0 Å². The van der Waals surface area contributed by atoms with Crippen molar-refractivity contribution in [2.24, 2.45) is 11.8 Å². The van der Waals surface area contributed by atoms with Gasteiger partial charge >= 0.3 is 0 Å². The molecule has 39 heavy (non-hydrogen) atoms. The Morgan fingerprint density at radius 2 is 1.08 bits per heavy atom. The van der Waals surface area contributed by atoms with E-state index in [-0.39, 0.29) is 5.41 Å². The zero-order valence-electron chi connectivity index (χ0n) is 25.9.